The van der Waals surface area contributed by atoms with Gasteiger partial charge < -0.3 is 5.32 Å². The Bertz CT molecular complexity index is 873. The molecule has 24 heavy (non-hydrogen) atoms. The maximum absolute atomic E-state index is 12.1. The third-order valence-corrected chi connectivity index (χ3v) is 4.57. The third kappa shape index (κ3) is 3.56. The minimum absolute atomic E-state index is 0.0706. The molecule has 0 saturated carbocycles. The van der Waals surface area contributed by atoms with E-state index in [1.165, 1.54) is 17.3 Å². The zero-order chi connectivity index (χ0) is 17.1. The van der Waals surface area contributed by atoms with Gasteiger partial charge in [0.15, 0.2) is 5.16 Å². The van der Waals surface area contributed by atoms with Gasteiger partial charge in [-0.1, -0.05) is 30.8 Å². The van der Waals surface area contributed by atoms with E-state index < -0.39 is 0 Å². The van der Waals surface area contributed by atoms with Gasteiger partial charge in [-0.15, -0.1) is 10.2 Å². The average Bonchev–Trinajstić information content (AvgIpc) is 2.97. The van der Waals surface area contributed by atoms with Crippen LogP contribution in [0.25, 0.3) is 5.78 Å². The molecule has 3 aromatic rings. The van der Waals surface area contributed by atoms with Crippen LogP contribution < -0.4 is 5.32 Å². The van der Waals surface area contributed by atoms with E-state index in [-0.39, 0.29) is 11.7 Å². The van der Waals surface area contributed by atoms with Crippen LogP contribution in [0.3, 0.4) is 0 Å². The van der Waals surface area contributed by atoms with Crippen molar-refractivity contribution >= 4 is 29.1 Å². The lowest BCUT2D eigenvalue weighted by Crippen LogP contribution is -2.14. The molecule has 124 valence electrons. The monoisotopic (exact) mass is 341 g/mol. The predicted molar refractivity (Wildman–Crippen MR) is 95.4 cm³/mol. The fourth-order valence-corrected chi connectivity index (χ4v) is 3.23. The first-order valence-corrected chi connectivity index (χ1v) is 8.76. The number of hydrogen-bond donors (Lipinski definition) is 1. The summed E-state index contributed by atoms with van der Waals surface area (Å²) in [6.45, 7) is 6.00. The molecule has 0 unspecified atom stereocenters. The molecule has 0 bridgehead atoms. The van der Waals surface area contributed by atoms with Crippen molar-refractivity contribution < 1.29 is 4.79 Å². The second-order valence-electron chi connectivity index (χ2n) is 5.54. The van der Waals surface area contributed by atoms with E-state index in [0.717, 1.165) is 23.5 Å². The van der Waals surface area contributed by atoms with Gasteiger partial charge in [-0.3, -0.25) is 9.20 Å². The summed E-state index contributed by atoms with van der Waals surface area (Å²) in [6, 6.07) is 9.85. The van der Waals surface area contributed by atoms with E-state index >= 15 is 0 Å². The summed E-state index contributed by atoms with van der Waals surface area (Å²) in [6.07, 6.45) is 0.983. The number of anilines is 1. The van der Waals surface area contributed by atoms with Crippen LogP contribution in [0.4, 0.5) is 5.69 Å². The van der Waals surface area contributed by atoms with Crippen LogP contribution in [-0.2, 0) is 11.2 Å². The largest absolute Gasteiger partial charge is 0.325 e. The molecule has 2 heterocycles. The van der Waals surface area contributed by atoms with Gasteiger partial charge in [0.1, 0.15) is 0 Å². The molecule has 0 radical (unpaired) electrons. The Morgan fingerprint density at radius 1 is 1.21 bits per heavy atom. The Hall–Kier alpha value is -2.41. The average molecular weight is 341 g/mol. The van der Waals surface area contributed by atoms with E-state index in [9.17, 15) is 4.79 Å². The van der Waals surface area contributed by atoms with E-state index in [2.05, 4.69) is 27.4 Å². The molecular weight excluding hydrogens is 322 g/mol. The zero-order valence-corrected chi connectivity index (χ0v) is 14.7. The molecule has 0 saturated heterocycles. The predicted octanol–water partition coefficient (Wildman–Crippen LogP) is 3.03. The number of nitrogens with one attached hydrogen (secondary N) is 1. The smallest absolute Gasteiger partial charge is 0.256 e. The lowest BCUT2D eigenvalue weighted by molar-refractivity contribution is -0.113. The van der Waals surface area contributed by atoms with Crippen LogP contribution in [0.1, 0.15) is 23.9 Å². The Morgan fingerprint density at radius 2 is 1.96 bits per heavy atom. The molecule has 0 aliphatic rings. The second-order valence-corrected chi connectivity index (χ2v) is 6.49. The first kappa shape index (κ1) is 16.4. The van der Waals surface area contributed by atoms with E-state index in [1.807, 2.05) is 48.6 Å². The van der Waals surface area contributed by atoms with Crippen LogP contribution in [0, 0.1) is 13.8 Å². The number of thioether (sulfide) groups is 1. The number of amides is 1. The van der Waals surface area contributed by atoms with Gasteiger partial charge >= 0.3 is 0 Å². The molecule has 1 N–H and O–H groups in total. The Morgan fingerprint density at radius 3 is 2.67 bits per heavy atom. The summed E-state index contributed by atoms with van der Waals surface area (Å²) in [7, 11) is 0. The number of hydrogen-bond acceptors (Lipinski definition) is 5. The van der Waals surface area contributed by atoms with Crippen LogP contribution in [0.5, 0.6) is 0 Å². The number of rotatable bonds is 5. The summed E-state index contributed by atoms with van der Waals surface area (Å²) < 4.78 is 1.86. The highest BCUT2D eigenvalue weighted by atomic mass is 32.2. The van der Waals surface area contributed by atoms with Crippen LogP contribution in [0.15, 0.2) is 35.5 Å². The molecule has 1 aromatic carbocycles. The van der Waals surface area contributed by atoms with Crippen LogP contribution in [-0.4, -0.2) is 31.2 Å². The van der Waals surface area contributed by atoms with Gasteiger partial charge in [-0.25, -0.2) is 4.98 Å². The Labute approximate surface area is 144 Å². The molecule has 0 atom stereocenters. The number of benzene rings is 1. The fourth-order valence-electron chi connectivity index (χ4n) is 2.44. The van der Waals surface area contributed by atoms with Gasteiger partial charge in [-0.05, 0) is 44.0 Å². The fraction of sp³-hybridized carbons (Fsp3) is 0.294. The van der Waals surface area contributed by atoms with Crippen molar-refractivity contribution in [3.63, 3.8) is 0 Å². The van der Waals surface area contributed by atoms with Crippen molar-refractivity contribution in [1.29, 1.82) is 0 Å². The maximum Gasteiger partial charge on any atom is 0.256 e. The number of aryl methyl sites for hydroxylation is 3. The van der Waals surface area contributed by atoms with Gasteiger partial charge in [0.05, 0.1) is 5.75 Å². The molecule has 0 aliphatic heterocycles. The number of fused-ring (bicyclic) bond motifs is 1. The van der Waals surface area contributed by atoms with Gasteiger partial charge in [-0.2, -0.15) is 0 Å². The lowest BCUT2D eigenvalue weighted by Gasteiger charge is -2.06. The van der Waals surface area contributed by atoms with Crippen molar-refractivity contribution in [3.05, 3.63) is 47.3 Å². The summed E-state index contributed by atoms with van der Waals surface area (Å²) in [5.74, 6) is 0.758. The van der Waals surface area contributed by atoms with Crippen LogP contribution in [0.2, 0.25) is 0 Å². The molecule has 3 rings (SSSR count). The summed E-state index contributed by atoms with van der Waals surface area (Å²) in [5.41, 5.74) is 3.95. The van der Waals surface area contributed by atoms with Crippen molar-refractivity contribution in [1.82, 2.24) is 19.6 Å². The number of nitrogens with zero attached hydrogens (tertiary/aromatic N) is 4. The van der Waals surface area contributed by atoms with E-state index in [4.69, 9.17) is 0 Å². The number of aromatic nitrogens is 4. The summed E-state index contributed by atoms with van der Waals surface area (Å²) >= 11 is 1.35. The van der Waals surface area contributed by atoms with Gasteiger partial charge in [0.25, 0.3) is 5.78 Å². The zero-order valence-electron chi connectivity index (χ0n) is 13.9. The molecule has 0 fully saturated rings. The van der Waals surface area contributed by atoms with Crippen molar-refractivity contribution in [2.75, 3.05) is 11.1 Å². The van der Waals surface area contributed by atoms with Gasteiger partial charge in [0.2, 0.25) is 5.91 Å². The van der Waals surface area contributed by atoms with E-state index in [0.29, 0.717) is 10.9 Å². The molecule has 0 aliphatic carbocycles. The molecule has 7 heteroatoms. The van der Waals surface area contributed by atoms with Crippen molar-refractivity contribution in [2.24, 2.45) is 0 Å². The minimum Gasteiger partial charge on any atom is -0.325 e. The topological polar surface area (TPSA) is 72.2 Å². The molecule has 2 aromatic heterocycles. The first-order chi connectivity index (χ1) is 11.6. The third-order valence-electron chi connectivity index (χ3n) is 3.64. The Kier molecular flexibility index (Phi) is 4.80. The first-order valence-electron chi connectivity index (χ1n) is 7.78. The minimum atomic E-state index is -0.0706. The summed E-state index contributed by atoms with van der Waals surface area (Å²) in [4.78, 5) is 16.5. The van der Waals surface area contributed by atoms with Crippen molar-refractivity contribution in [3.8, 4) is 0 Å². The molecular formula is C17H19N5OS. The normalized spacial score (nSPS) is 11.0. The van der Waals surface area contributed by atoms with E-state index in [1.54, 1.807) is 0 Å². The highest BCUT2D eigenvalue weighted by molar-refractivity contribution is 7.99. The molecule has 1 amide bonds. The highest BCUT2D eigenvalue weighted by Gasteiger charge is 2.12. The number of carbonyl (C=O) groups excluding carboxylic acids is 1. The number of carbonyl (C=O) groups is 1. The second kappa shape index (κ2) is 7.00. The standard InChI is InChI=1S/C17H19N5OS/c1-4-13-5-7-14(8-6-13)19-15(23)10-24-17-21-20-16-18-11(2)9-12(3)22(16)17/h5-9H,4,10H2,1-3H3,(H,19,23). The highest BCUT2D eigenvalue weighted by Crippen LogP contribution is 2.19. The van der Waals surface area contributed by atoms with Gasteiger partial charge in [0, 0.05) is 17.1 Å². The van der Waals surface area contributed by atoms with Crippen molar-refractivity contribution in [2.45, 2.75) is 32.3 Å². The Balaban J connectivity index is 1.66. The molecule has 0 spiro atoms. The lowest BCUT2D eigenvalue weighted by atomic mass is 10.1. The maximum atomic E-state index is 12.1. The molecule has 6 nitrogen and oxygen atoms in total. The quantitative estimate of drug-likeness (QED) is 0.722. The summed E-state index contributed by atoms with van der Waals surface area (Å²) in [5, 5.41) is 11.8. The van der Waals surface area contributed by atoms with Crippen LogP contribution >= 0.6 is 11.8 Å². The SMILES string of the molecule is CCc1ccc(NC(=O)CSc2nnc3nc(C)cc(C)n23)cc1.